The zero-order valence-corrected chi connectivity index (χ0v) is 11.1. The molecule has 0 amide bonds. The van der Waals surface area contributed by atoms with Crippen molar-refractivity contribution in [1.29, 1.82) is 0 Å². The smallest absolute Gasteiger partial charge is 0.0886 e. The van der Waals surface area contributed by atoms with E-state index in [9.17, 15) is 0 Å². The number of ether oxygens (including phenoxy) is 1. The summed E-state index contributed by atoms with van der Waals surface area (Å²) in [5, 5.41) is 12.6. The molecule has 3 rings (SSSR count). The average Bonchev–Trinajstić information content (AvgIpc) is 2.56. The van der Waals surface area contributed by atoms with E-state index >= 15 is 0 Å². The molecule has 3 nitrogen and oxygen atoms in total. The molecule has 1 saturated heterocycles. The zero-order valence-electron chi connectivity index (χ0n) is 11.1. The van der Waals surface area contributed by atoms with Crippen LogP contribution < -0.4 is 0 Å². The molecule has 0 aliphatic carbocycles. The quantitative estimate of drug-likeness (QED) is 0.657. The summed E-state index contributed by atoms with van der Waals surface area (Å²) in [5.41, 5.74) is 3.03. The van der Waals surface area contributed by atoms with E-state index in [0.717, 1.165) is 16.8 Å². The first-order valence-corrected chi connectivity index (χ1v) is 6.82. The highest BCUT2D eigenvalue weighted by Gasteiger charge is 2.28. The van der Waals surface area contributed by atoms with Gasteiger partial charge >= 0.3 is 0 Å². The monoisotopic (exact) mass is 267 g/mol. The largest absolute Gasteiger partial charge is 0.411 e. The number of nitrogens with zero attached hydrogens (tertiary/aromatic N) is 1. The summed E-state index contributed by atoms with van der Waals surface area (Å²) >= 11 is 0. The third-order valence-corrected chi connectivity index (χ3v) is 3.65. The average molecular weight is 267 g/mol. The van der Waals surface area contributed by atoms with Gasteiger partial charge in [-0.3, -0.25) is 0 Å². The van der Waals surface area contributed by atoms with Crippen molar-refractivity contribution < 1.29 is 9.94 Å². The molecule has 102 valence electrons. The molecular formula is C17H17NO2. The van der Waals surface area contributed by atoms with Crippen LogP contribution in [-0.4, -0.2) is 10.9 Å². The number of hydrogen-bond acceptors (Lipinski definition) is 3. The molecule has 3 heteroatoms. The van der Waals surface area contributed by atoms with Gasteiger partial charge in [-0.15, -0.1) is 0 Å². The molecule has 2 aromatic rings. The van der Waals surface area contributed by atoms with Crippen LogP contribution in [0, 0.1) is 0 Å². The second kappa shape index (κ2) is 5.88. The van der Waals surface area contributed by atoms with E-state index in [2.05, 4.69) is 5.16 Å². The molecule has 2 aromatic carbocycles. The van der Waals surface area contributed by atoms with Gasteiger partial charge in [0.25, 0.3) is 0 Å². The Bertz CT molecular complexity index is 531. The molecule has 0 aromatic heterocycles. The molecule has 1 aliphatic rings. The highest BCUT2D eigenvalue weighted by Crippen LogP contribution is 2.37. The van der Waals surface area contributed by atoms with Gasteiger partial charge in [0, 0.05) is 12.8 Å². The van der Waals surface area contributed by atoms with Crippen LogP contribution in [0.15, 0.2) is 65.8 Å². The van der Waals surface area contributed by atoms with Crippen molar-refractivity contribution in [3.05, 3.63) is 71.8 Å². The molecule has 0 unspecified atom stereocenters. The van der Waals surface area contributed by atoms with Crippen LogP contribution in [0.2, 0.25) is 0 Å². The number of rotatable bonds is 2. The first-order valence-electron chi connectivity index (χ1n) is 6.82. The fraction of sp³-hybridized carbons (Fsp3) is 0.235. The molecule has 20 heavy (non-hydrogen) atoms. The molecule has 0 spiro atoms. The Morgan fingerprint density at radius 1 is 0.800 bits per heavy atom. The highest BCUT2D eigenvalue weighted by molar-refractivity contribution is 5.85. The van der Waals surface area contributed by atoms with Crippen molar-refractivity contribution >= 4 is 5.71 Å². The zero-order chi connectivity index (χ0) is 13.8. The SMILES string of the molecule is ON=C1C[C@@H](c2ccccc2)O[C@@H](c2ccccc2)C1. The van der Waals surface area contributed by atoms with Crippen LogP contribution in [0.5, 0.6) is 0 Å². The third-order valence-electron chi connectivity index (χ3n) is 3.65. The Morgan fingerprint density at radius 3 is 1.65 bits per heavy atom. The second-order valence-corrected chi connectivity index (χ2v) is 5.01. The van der Waals surface area contributed by atoms with Crippen LogP contribution >= 0.6 is 0 Å². The first-order chi connectivity index (χ1) is 9.86. The minimum absolute atomic E-state index is 0.0546. The van der Waals surface area contributed by atoms with Gasteiger partial charge < -0.3 is 9.94 Å². The lowest BCUT2D eigenvalue weighted by molar-refractivity contribution is -0.0217. The molecule has 1 aliphatic heterocycles. The van der Waals surface area contributed by atoms with E-state index in [-0.39, 0.29) is 12.2 Å². The standard InChI is InChI=1S/C17H17NO2/c19-18-15-11-16(13-7-3-1-4-8-13)20-17(12-15)14-9-5-2-6-10-14/h1-10,16-17,19H,11-12H2/t16-,17+. The molecule has 0 saturated carbocycles. The molecule has 2 atom stereocenters. The summed E-state index contributed by atoms with van der Waals surface area (Å²) in [5.74, 6) is 0. The van der Waals surface area contributed by atoms with Gasteiger partial charge in [0.2, 0.25) is 0 Å². The van der Waals surface area contributed by atoms with Crippen molar-refractivity contribution in [2.45, 2.75) is 25.0 Å². The van der Waals surface area contributed by atoms with Crippen LogP contribution in [-0.2, 0) is 4.74 Å². The van der Waals surface area contributed by atoms with Gasteiger partial charge in [-0.2, -0.15) is 0 Å². The number of benzene rings is 2. The van der Waals surface area contributed by atoms with Crippen molar-refractivity contribution in [2.75, 3.05) is 0 Å². The van der Waals surface area contributed by atoms with E-state index < -0.39 is 0 Å². The van der Waals surface area contributed by atoms with E-state index in [1.54, 1.807) is 0 Å². The Kier molecular flexibility index (Phi) is 3.79. The maximum absolute atomic E-state index is 9.15. The Balaban J connectivity index is 1.87. The van der Waals surface area contributed by atoms with Crippen molar-refractivity contribution in [3.63, 3.8) is 0 Å². The van der Waals surface area contributed by atoms with Crippen molar-refractivity contribution in [2.24, 2.45) is 5.16 Å². The molecule has 0 bridgehead atoms. The predicted octanol–water partition coefficient (Wildman–Crippen LogP) is 4.11. The lowest BCUT2D eigenvalue weighted by Crippen LogP contribution is -2.23. The molecule has 1 N–H and O–H groups in total. The van der Waals surface area contributed by atoms with Crippen LogP contribution in [0.1, 0.15) is 36.2 Å². The van der Waals surface area contributed by atoms with Crippen LogP contribution in [0.25, 0.3) is 0 Å². The Hall–Kier alpha value is -2.13. The summed E-state index contributed by atoms with van der Waals surface area (Å²) in [6.07, 6.45) is 1.18. The fourth-order valence-electron chi connectivity index (χ4n) is 2.62. The Labute approximate surface area is 118 Å². The lowest BCUT2D eigenvalue weighted by atomic mass is 9.93. The summed E-state index contributed by atoms with van der Waals surface area (Å²) in [6.45, 7) is 0. The van der Waals surface area contributed by atoms with Crippen molar-refractivity contribution in [1.82, 2.24) is 0 Å². The normalized spacial score (nSPS) is 24.7. The first kappa shape index (κ1) is 12.9. The predicted molar refractivity (Wildman–Crippen MR) is 77.9 cm³/mol. The summed E-state index contributed by atoms with van der Waals surface area (Å²) in [7, 11) is 0. The van der Waals surface area contributed by atoms with Gasteiger partial charge in [-0.1, -0.05) is 65.8 Å². The van der Waals surface area contributed by atoms with Crippen molar-refractivity contribution in [3.8, 4) is 0 Å². The maximum atomic E-state index is 9.15. The molecular weight excluding hydrogens is 250 g/mol. The number of hydrogen-bond donors (Lipinski definition) is 1. The molecule has 1 fully saturated rings. The second-order valence-electron chi connectivity index (χ2n) is 5.01. The highest BCUT2D eigenvalue weighted by atomic mass is 16.5. The topological polar surface area (TPSA) is 41.8 Å². The van der Waals surface area contributed by atoms with Gasteiger partial charge in [0.05, 0.1) is 17.9 Å². The van der Waals surface area contributed by atoms with Gasteiger partial charge in [0.1, 0.15) is 0 Å². The minimum Gasteiger partial charge on any atom is -0.411 e. The summed E-state index contributed by atoms with van der Waals surface area (Å²) in [4.78, 5) is 0. The van der Waals surface area contributed by atoms with E-state index in [1.165, 1.54) is 0 Å². The van der Waals surface area contributed by atoms with Gasteiger partial charge in [-0.05, 0) is 11.1 Å². The van der Waals surface area contributed by atoms with Crippen LogP contribution in [0.3, 0.4) is 0 Å². The number of oxime groups is 1. The maximum Gasteiger partial charge on any atom is 0.0886 e. The Morgan fingerprint density at radius 2 is 1.25 bits per heavy atom. The van der Waals surface area contributed by atoms with Crippen LogP contribution in [0.4, 0.5) is 0 Å². The van der Waals surface area contributed by atoms with Gasteiger partial charge in [0.15, 0.2) is 0 Å². The fourth-order valence-corrected chi connectivity index (χ4v) is 2.62. The van der Waals surface area contributed by atoms with E-state index in [0.29, 0.717) is 12.8 Å². The summed E-state index contributed by atoms with van der Waals surface area (Å²) < 4.78 is 6.20. The van der Waals surface area contributed by atoms with E-state index in [4.69, 9.17) is 9.94 Å². The van der Waals surface area contributed by atoms with Gasteiger partial charge in [-0.25, -0.2) is 0 Å². The minimum atomic E-state index is -0.0546. The lowest BCUT2D eigenvalue weighted by Gasteiger charge is -2.31. The van der Waals surface area contributed by atoms with E-state index in [1.807, 2.05) is 60.7 Å². The molecule has 1 heterocycles. The summed E-state index contributed by atoms with van der Waals surface area (Å²) in [6, 6.07) is 20.2. The third kappa shape index (κ3) is 2.73. The molecule has 0 radical (unpaired) electrons.